The Hall–Kier alpha value is -0.995. The van der Waals surface area contributed by atoms with E-state index < -0.39 is 11.2 Å². The molecule has 1 aliphatic heterocycles. The zero-order chi connectivity index (χ0) is 15.2. The number of hydrogen-bond acceptors (Lipinski definition) is 3. The van der Waals surface area contributed by atoms with Crippen molar-refractivity contribution in [1.82, 2.24) is 0 Å². The molecule has 0 aromatic heterocycles. The summed E-state index contributed by atoms with van der Waals surface area (Å²) in [7, 11) is 0.486. The summed E-state index contributed by atoms with van der Waals surface area (Å²) in [4.78, 5) is 0. The lowest BCUT2D eigenvalue weighted by molar-refractivity contribution is -0.0893. The maximum atomic E-state index is 10.1. The summed E-state index contributed by atoms with van der Waals surface area (Å²) in [6, 6.07) is 6.20. The molecule has 0 fully saturated rings. The molecule has 0 spiro atoms. The van der Waals surface area contributed by atoms with Crippen LogP contribution in [0.2, 0.25) is 0 Å². The van der Waals surface area contributed by atoms with E-state index in [-0.39, 0.29) is 5.41 Å². The van der Waals surface area contributed by atoms with Gasteiger partial charge >= 0.3 is 7.48 Å². The van der Waals surface area contributed by atoms with Gasteiger partial charge in [0.25, 0.3) is 0 Å². The maximum absolute atomic E-state index is 10.1. The fraction of sp³-hybridized carbons (Fsp3) is 0.625. The molecule has 1 aromatic rings. The van der Waals surface area contributed by atoms with E-state index in [1.807, 2.05) is 26.0 Å². The Kier molecular flexibility index (Phi) is 3.68. The van der Waals surface area contributed by atoms with Crippen molar-refractivity contribution < 1.29 is 14.5 Å². The zero-order valence-electron chi connectivity index (χ0n) is 13.4. The average Bonchev–Trinajstić information content (AvgIpc) is 2.62. The summed E-state index contributed by atoms with van der Waals surface area (Å²) in [6.45, 7) is 12.5. The molecular formula is C16H25BO3. The van der Waals surface area contributed by atoms with Gasteiger partial charge in [-0.25, -0.2) is 0 Å². The number of ether oxygens (including phenoxy) is 1. The van der Waals surface area contributed by atoms with Crippen LogP contribution in [0.1, 0.15) is 47.1 Å². The lowest BCUT2D eigenvalue weighted by Crippen LogP contribution is -2.49. The molecule has 1 heterocycles. The molecule has 0 unspecified atom stereocenters. The summed E-state index contributed by atoms with van der Waals surface area (Å²) in [6.07, 6.45) is 0. The lowest BCUT2D eigenvalue weighted by Gasteiger charge is -2.37. The van der Waals surface area contributed by atoms with Gasteiger partial charge in [-0.05, 0) is 33.8 Å². The summed E-state index contributed by atoms with van der Waals surface area (Å²) in [5.41, 5.74) is 0.917. The topological polar surface area (TPSA) is 38.7 Å². The SMILES string of the molecule is CC1(C)COc2ccc(BOC(C)(C)C(C)(C)O)cc21. The smallest absolute Gasteiger partial charge is 0.309 e. The minimum atomic E-state index is -0.883. The van der Waals surface area contributed by atoms with E-state index in [2.05, 4.69) is 19.9 Å². The van der Waals surface area contributed by atoms with E-state index in [1.54, 1.807) is 13.8 Å². The number of rotatable bonds is 4. The number of aliphatic hydroxyl groups is 1. The first-order chi connectivity index (χ1) is 9.03. The van der Waals surface area contributed by atoms with Crippen molar-refractivity contribution in [3.05, 3.63) is 23.8 Å². The summed E-state index contributed by atoms with van der Waals surface area (Å²) >= 11 is 0. The second-order valence-corrected chi connectivity index (χ2v) is 7.36. The number of hydrogen-bond donors (Lipinski definition) is 1. The third-order valence-corrected chi connectivity index (χ3v) is 4.43. The highest BCUT2D eigenvalue weighted by atomic mass is 16.5. The molecule has 1 N–H and O–H groups in total. The molecule has 2 rings (SSSR count). The molecule has 4 heteroatoms. The molecule has 110 valence electrons. The van der Waals surface area contributed by atoms with Crippen molar-refractivity contribution >= 4 is 12.9 Å². The van der Waals surface area contributed by atoms with E-state index in [0.717, 1.165) is 17.8 Å². The minimum Gasteiger partial charge on any atom is -0.492 e. The Morgan fingerprint density at radius 2 is 1.90 bits per heavy atom. The summed E-state index contributed by atoms with van der Waals surface area (Å²) < 4.78 is 11.6. The Morgan fingerprint density at radius 1 is 1.25 bits per heavy atom. The van der Waals surface area contributed by atoms with Crippen LogP contribution < -0.4 is 10.2 Å². The molecule has 1 aliphatic rings. The van der Waals surface area contributed by atoms with Gasteiger partial charge in [0.1, 0.15) is 5.75 Å². The predicted octanol–water partition coefficient (Wildman–Crippen LogP) is 1.90. The van der Waals surface area contributed by atoms with Crippen molar-refractivity contribution in [2.24, 2.45) is 0 Å². The second kappa shape index (κ2) is 4.78. The van der Waals surface area contributed by atoms with Crippen LogP contribution in [0.4, 0.5) is 0 Å². The lowest BCUT2D eigenvalue weighted by atomic mass is 9.79. The fourth-order valence-electron chi connectivity index (χ4n) is 2.10. The zero-order valence-corrected chi connectivity index (χ0v) is 13.4. The van der Waals surface area contributed by atoms with E-state index >= 15 is 0 Å². The monoisotopic (exact) mass is 276 g/mol. The Balaban J connectivity index is 2.13. The first-order valence-electron chi connectivity index (χ1n) is 7.15. The Bertz CT molecular complexity index is 501. The van der Waals surface area contributed by atoms with Gasteiger partial charge in [-0.2, -0.15) is 0 Å². The molecule has 3 nitrogen and oxygen atoms in total. The summed E-state index contributed by atoms with van der Waals surface area (Å²) in [5.74, 6) is 0.973. The summed E-state index contributed by atoms with van der Waals surface area (Å²) in [5, 5.41) is 10.1. The van der Waals surface area contributed by atoms with Crippen LogP contribution in [0.5, 0.6) is 5.75 Å². The van der Waals surface area contributed by atoms with Gasteiger partial charge in [0.2, 0.25) is 0 Å². The Labute approximate surface area is 122 Å². The van der Waals surface area contributed by atoms with Gasteiger partial charge in [0.05, 0.1) is 17.8 Å². The molecule has 0 aliphatic carbocycles. The van der Waals surface area contributed by atoms with Crippen molar-refractivity contribution in [1.29, 1.82) is 0 Å². The van der Waals surface area contributed by atoms with Gasteiger partial charge in [-0.15, -0.1) is 0 Å². The van der Waals surface area contributed by atoms with Crippen molar-refractivity contribution in [2.45, 2.75) is 58.2 Å². The molecule has 0 saturated carbocycles. The van der Waals surface area contributed by atoms with Gasteiger partial charge in [-0.1, -0.05) is 31.4 Å². The highest BCUT2D eigenvalue weighted by molar-refractivity contribution is 6.47. The third-order valence-electron chi connectivity index (χ3n) is 4.43. The van der Waals surface area contributed by atoms with Gasteiger partial charge in [0.15, 0.2) is 0 Å². The highest BCUT2D eigenvalue weighted by Crippen LogP contribution is 2.37. The number of fused-ring (bicyclic) bond motifs is 1. The average molecular weight is 276 g/mol. The van der Waals surface area contributed by atoms with E-state index in [9.17, 15) is 5.11 Å². The standard InChI is InChI=1S/C16H25BO3/c1-14(2)10-19-13-8-7-11(9-12(13)14)17-20-16(5,6)15(3,4)18/h7-9,17-18H,10H2,1-6H3. The van der Waals surface area contributed by atoms with Gasteiger partial charge < -0.3 is 14.5 Å². The molecule has 20 heavy (non-hydrogen) atoms. The predicted molar refractivity (Wildman–Crippen MR) is 83.2 cm³/mol. The van der Waals surface area contributed by atoms with Crippen LogP contribution in [-0.4, -0.2) is 30.4 Å². The van der Waals surface area contributed by atoms with Crippen molar-refractivity contribution in [3.63, 3.8) is 0 Å². The normalized spacial score (nSPS) is 17.6. The highest BCUT2D eigenvalue weighted by Gasteiger charge is 2.36. The van der Waals surface area contributed by atoms with E-state index in [1.165, 1.54) is 5.56 Å². The minimum absolute atomic E-state index is 0.0527. The van der Waals surface area contributed by atoms with E-state index in [0.29, 0.717) is 7.48 Å². The largest absolute Gasteiger partial charge is 0.492 e. The maximum Gasteiger partial charge on any atom is 0.309 e. The molecule has 0 radical (unpaired) electrons. The van der Waals surface area contributed by atoms with Crippen LogP contribution in [0.25, 0.3) is 0 Å². The molecule has 0 amide bonds. The fourth-order valence-corrected chi connectivity index (χ4v) is 2.10. The van der Waals surface area contributed by atoms with E-state index in [4.69, 9.17) is 9.39 Å². The first kappa shape index (κ1) is 15.4. The van der Waals surface area contributed by atoms with Crippen LogP contribution in [0.15, 0.2) is 18.2 Å². The number of benzene rings is 1. The van der Waals surface area contributed by atoms with Crippen LogP contribution in [0.3, 0.4) is 0 Å². The van der Waals surface area contributed by atoms with Crippen molar-refractivity contribution in [2.75, 3.05) is 6.61 Å². The van der Waals surface area contributed by atoms with Gasteiger partial charge in [0, 0.05) is 11.0 Å². The molecule has 0 bridgehead atoms. The molecular weight excluding hydrogens is 251 g/mol. The van der Waals surface area contributed by atoms with Crippen LogP contribution in [0, 0.1) is 0 Å². The van der Waals surface area contributed by atoms with Crippen molar-refractivity contribution in [3.8, 4) is 5.75 Å². The third kappa shape index (κ3) is 2.86. The van der Waals surface area contributed by atoms with Crippen LogP contribution in [-0.2, 0) is 10.1 Å². The quantitative estimate of drug-likeness (QED) is 0.854. The second-order valence-electron chi connectivity index (χ2n) is 7.36. The van der Waals surface area contributed by atoms with Crippen LogP contribution >= 0.6 is 0 Å². The first-order valence-corrected chi connectivity index (χ1v) is 7.15. The molecule has 0 atom stereocenters. The molecule has 1 aromatic carbocycles. The van der Waals surface area contributed by atoms with Gasteiger partial charge in [-0.3, -0.25) is 0 Å². The Morgan fingerprint density at radius 3 is 2.50 bits per heavy atom. The molecule has 0 saturated heterocycles.